The minimum atomic E-state index is -4.49. The smallest absolute Gasteiger partial charge is 0.258 e. The summed E-state index contributed by atoms with van der Waals surface area (Å²) in [5, 5.41) is -1.72. The van der Waals surface area contributed by atoms with Crippen LogP contribution in [0.5, 0.6) is 0 Å². The van der Waals surface area contributed by atoms with Crippen LogP contribution in [-0.2, 0) is 36.1 Å². The largest absolute Gasteiger partial charge is 0.394 e. The molecule has 1 fully saturated rings. The lowest BCUT2D eigenvalue weighted by molar-refractivity contribution is -0.0234. The van der Waals surface area contributed by atoms with Crippen LogP contribution in [0.1, 0.15) is 0 Å². The third-order valence-electron chi connectivity index (χ3n) is 1.64. The Labute approximate surface area is 169 Å². The topological polar surface area (TPSA) is 112 Å². The highest BCUT2D eigenvalue weighted by Crippen LogP contribution is 2.32. The summed E-state index contributed by atoms with van der Waals surface area (Å²) in [4.78, 5) is 0. The molecule has 0 amide bonds. The molecule has 0 saturated carbocycles. The first-order valence-electron chi connectivity index (χ1n) is 5.94. The van der Waals surface area contributed by atoms with Crippen molar-refractivity contribution in [1.82, 2.24) is 0 Å². The predicted octanol–water partition coefficient (Wildman–Crippen LogP) is 2.41. The maximum Gasteiger partial charge on any atom is 0.394 e. The lowest BCUT2D eigenvalue weighted by Crippen LogP contribution is -2.46. The second kappa shape index (κ2) is 17.0. The van der Waals surface area contributed by atoms with Gasteiger partial charge in [-0.15, -0.1) is 3.89 Å². The van der Waals surface area contributed by atoms with Gasteiger partial charge < -0.3 is 0 Å². The summed E-state index contributed by atoms with van der Waals surface area (Å²) >= 11 is 5.74. The van der Waals surface area contributed by atoms with Crippen LogP contribution >= 0.6 is 31.9 Å². The van der Waals surface area contributed by atoms with Gasteiger partial charge in [0.1, 0.15) is 13.3 Å². The zero-order valence-electron chi connectivity index (χ0n) is 12.7. The van der Waals surface area contributed by atoms with Gasteiger partial charge >= 0.3 is 37.2 Å². The molecule has 0 aromatic carbocycles. The Balaban J connectivity index is -0.000000288. The molecule has 0 aliphatic carbocycles. The lowest BCUT2D eigenvalue weighted by atomic mass is 10.6. The standard InChI is InChI=1S/C4H6Br2.C4H6F2O2S.C2H2F2O3S.O2S/c5-3-1-2-4-6;5-3-1-2-4-9(6,7)8;3-2(4)1-7-8(2,5)6;1-3-2/h1-2H,3-4H2;1-2H,3-4H2;1H2;/b2*2-1-;;. The van der Waals surface area contributed by atoms with Crippen LogP contribution < -0.4 is 0 Å². The van der Waals surface area contributed by atoms with Gasteiger partial charge in [0, 0.05) is 10.7 Å². The van der Waals surface area contributed by atoms with Crippen molar-refractivity contribution in [3.05, 3.63) is 24.3 Å². The maximum absolute atomic E-state index is 11.6. The van der Waals surface area contributed by atoms with Crippen molar-refractivity contribution in [3.8, 4) is 0 Å². The van der Waals surface area contributed by atoms with Crippen LogP contribution in [0.25, 0.3) is 0 Å². The fraction of sp³-hybridized carbons (Fsp3) is 0.600. The SMILES string of the molecule is BrC/C=C\CBr.O=S(=O)(F)C/C=C\CF.O=S1(=O)OCC1(F)F.O=S=O. The number of allylic oxidation sites excluding steroid dienone is 3. The van der Waals surface area contributed by atoms with E-state index in [1.54, 1.807) is 0 Å². The molecule has 7 nitrogen and oxygen atoms in total. The van der Waals surface area contributed by atoms with E-state index in [2.05, 4.69) is 48.2 Å². The summed E-state index contributed by atoms with van der Waals surface area (Å²) in [6.07, 6.45) is 5.97. The molecule has 0 radical (unpaired) electrons. The van der Waals surface area contributed by atoms with Gasteiger partial charge in [-0.3, -0.25) is 4.18 Å². The first-order chi connectivity index (χ1) is 11.8. The maximum atomic E-state index is 11.6. The first-order valence-corrected chi connectivity index (χ1v) is 11.8. The highest BCUT2D eigenvalue weighted by molar-refractivity contribution is 9.09. The summed E-state index contributed by atoms with van der Waals surface area (Å²) in [7, 11) is -8.94. The summed E-state index contributed by atoms with van der Waals surface area (Å²) < 4.78 is 105. The molecule has 0 bridgehead atoms. The van der Waals surface area contributed by atoms with Crippen molar-refractivity contribution >= 4 is 63.8 Å². The molecule has 1 rings (SSSR count). The Morgan fingerprint density at radius 1 is 1.08 bits per heavy atom. The van der Waals surface area contributed by atoms with Gasteiger partial charge in [-0.1, -0.05) is 56.2 Å². The highest BCUT2D eigenvalue weighted by Gasteiger charge is 2.56. The van der Waals surface area contributed by atoms with E-state index in [1.807, 2.05) is 0 Å². The average molecular weight is 578 g/mol. The number of rotatable bonds is 5. The number of hydrogen-bond acceptors (Lipinski definition) is 7. The van der Waals surface area contributed by atoms with Gasteiger partial charge in [-0.05, 0) is 0 Å². The summed E-state index contributed by atoms with van der Waals surface area (Å²) in [6.45, 7) is -1.77. The fourth-order valence-electron chi connectivity index (χ4n) is 0.616. The third kappa shape index (κ3) is 20.2. The monoisotopic (exact) mass is 576 g/mol. The average Bonchev–Trinajstić information content (AvgIpc) is 2.53. The van der Waals surface area contributed by atoms with Crippen LogP contribution in [0.4, 0.5) is 17.1 Å². The molecule has 0 unspecified atom stereocenters. The molecule has 156 valence electrons. The Kier molecular flexibility index (Phi) is 20.0. The molecule has 1 aliphatic heterocycles. The molecule has 0 N–H and O–H groups in total. The van der Waals surface area contributed by atoms with E-state index < -0.39 is 56.2 Å². The lowest BCUT2D eigenvalue weighted by Gasteiger charge is -2.23. The molecule has 1 saturated heterocycles. The zero-order valence-corrected chi connectivity index (χ0v) is 18.3. The van der Waals surface area contributed by atoms with Crippen molar-refractivity contribution in [3.63, 3.8) is 0 Å². The Hall–Kier alpha value is -0.160. The summed E-state index contributed by atoms with van der Waals surface area (Å²) in [6, 6.07) is 0. The van der Waals surface area contributed by atoms with Gasteiger partial charge in [0.05, 0.1) is 5.75 Å². The second-order valence-electron chi connectivity index (χ2n) is 3.53. The molecular formula is C10H14Br2F4O7S3. The van der Waals surface area contributed by atoms with E-state index >= 15 is 0 Å². The normalized spacial score (nSPS) is 16.8. The van der Waals surface area contributed by atoms with Crippen molar-refractivity contribution < 1.29 is 46.5 Å². The van der Waals surface area contributed by atoms with Gasteiger partial charge in [-0.25, -0.2) is 4.39 Å². The molecule has 26 heavy (non-hydrogen) atoms. The van der Waals surface area contributed by atoms with Crippen molar-refractivity contribution in [2.24, 2.45) is 0 Å². The zero-order chi connectivity index (χ0) is 21.3. The molecule has 0 aromatic rings. The molecular weight excluding hydrogens is 564 g/mol. The van der Waals surface area contributed by atoms with Crippen molar-refractivity contribution in [2.45, 2.75) is 5.25 Å². The minimum Gasteiger partial charge on any atom is -0.258 e. The van der Waals surface area contributed by atoms with Gasteiger partial charge in [0.2, 0.25) is 0 Å². The Morgan fingerprint density at radius 2 is 1.46 bits per heavy atom. The quantitative estimate of drug-likeness (QED) is 0.162. The number of alkyl halides is 5. The van der Waals surface area contributed by atoms with Gasteiger partial charge in [0.25, 0.3) is 0 Å². The minimum absolute atomic E-state index is 0.739. The van der Waals surface area contributed by atoms with Crippen LogP contribution in [0.3, 0.4) is 0 Å². The van der Waals surface area contributed by atoms with Crippen LogP contribution in [0.2, 0.25) is 0 Å². The van der Waals surface area contributed by atoms with Crippen LogP contribution in [-0.4, -0.2) is 60.2 Å². The van der Waals surface area contributed by atoms with Crippen LogP contribution in [0, 0.1) is 0 Å². The molecule has 0 aromatic heterocycles. The molecule has 1 heterocycles. The Morgan fingerprint density at radius 3 is 1.62 bits per heavy atom. The van der Waals surface area contributed by atoms with Gasteiger partial charge in [-0.2, -0.15) is 34.0 Å². The van der Waals surface area contributed by atoms with Crippen molar-refractivity contribution in [1.29, 1.82) is 0 Å². The molecule has 1 aliphatic rings. The van der Waals surface area contributed by atoms with E-state index in [4.69, 9.17) is 8.42 Å². The van der Waals surface area contributed by atoms with E-state index in [9.17, 15) is 33.9 Å². The van der Waals surface area contributed by atoms with E-state index in [1.165, 1.54) is 0 Å². The van der Waals surface area contributed by atoms with E-state index in [0.717, 1.165) is 22.8 Å². The van der Waals surface area contributed by atoms with E-state index in [0.29, 0.717) is 0 Å². The Bertz CT molecular complexity index is 654. The molecule has 0 spiro atoms. The van der Waals surface area contributed by atoms with E-state index in [-0.39, 0.29) is 0 Å². The second-order valence-corrected chi connectivity index (χ2v) is 8.12. The van der Waals surface area contributed by atoms with Gasteiger partial charge in [0.15, 0.2) is 0 Å². The number of hydrogen-bond donors (Lipinski definition) is 0. The molecule has 0 atom stereocenters. The predicted molar refractivity (Wildman–Crippen MR) is 95.5 cm³/mol. The van der Waals surface area contributed by atoms with Crippen LogP contribution in [0.15, 0.2) is 24.3 Å². The fourth-order valence-corrected chi connectivity index (χ4v) is 2.00. The first kappa shape index (κ1) is 30.6. The third-order valence-corrected chi connectivity index (χ3v) is 4.26. The summed E-state index contributed by atoms with van der Waals surface area (Å²) in [5.74, 6) is -0.739. The van der Waals surface area contributed by atoms with Crippen molar-refractivity contribution in [2.75, 3.05) is 29.7 Å². The molecule has 16 heteroatoms. The number of halogens is 6. The summed E-state index contributed by atoms with van der Waals surface area (Å²) in [5.41, 5.74) is 0. The highest BCUT2D eigenvalue weighted by atomic mass is 79.9.